The number of ether oxygens (including phenoxy) is 2. The molecule has 1 saturated carbocycles. The number of methoxy groups -OCH3 is 1. The molecule has 3 nitrogen and oxygen atoms in total. The van der Waals surface area contributed by atoms with Crippen molar-refractivity contribution in [3.63, 3.8) is 0 Å². The number of hydrogen-bond acceptors (Lipinski definition) is 3. The van der Waals surface area contributed by atoms with Crippen LogP contribution in [0.4, 0.5) is 0 Å². The van der Waals surface area contributed by atoms with Gasteiger partial charge in [-0.2, -0.15) is 0 Å². The van der Waals surface area contributed by atoms with Crippen LogP contribution in [0.2, 0.25) is 0 Å². The highest BCUT2D eigenvalue weighted by Crippen LogP contribution is 2.30. The third-order valence-corrected chi connectivity index (χ3v) is 3.51. The molecule has 2 rings (SSSR count). The van der Waals surface area contributed by atoms with Gasteiger partial charge >= 0.3 is 0 Å². The molecule has 3 heteroatoms. The van der Waals surface area contributed by atoms with Gasteiger partial charge in [0, 0.05) is 6.04 Å². The molecule has 1 aromatic carbocycles. The molecular formula is C15H23NO2. The third kappa shape index (κ3) is 3.39. The van der Waals surface area contributed by atoms with Crippen molar-refractivity contribution in [1.82, 2.24) is 0 Å². The van der Waals surface area contributed by atoms with Gasteiger partial charge in [-0.05, 0) is 55.9 Å². The van der Waals surface area contributed by atoms with E-state index in [0.29, 0.717) is 0 Å². The van der Waals surface area contributed by atoms with E-state index in [2.05, 4.69) is 0 Å². The van der Waals surface area contributed by atoms with Crippen LogP contribution in [0.1, 0.15) is 31.7 Å². The summed E-state index contributed by atoms with van der Waals surface area (Å²) >= 11 is 0. The molecule has 18 heavy (non-hydrogen) atoms. The van der Waals surface area contributed by atoms with E-state index < -0.39 is 0 Å². The average Bonchev–Trinajstić information content (AvgIpc) is 2.28. The first kappa shape index (κ1) is 13.2. The summed E-state index contributed by atoms with van der Waals surface area (Å²) in [4.78, 5) is 0. The Morgan fingerprint density at radius 2 is 2.17 bits per heavy atom. The Bertz CT molecular complexity index is 386. The summed E-state index contributed by atoms with van der Waals surface area (Å²) < 4.78 is 11.2. The van der Waals surface area contributed by atoms with Crippen LogP contribution in [-0.2, 0) is 6.42 Å². The van der Waals surface area contributed by atoms with Crippen molar-refractivity contribution in [2.45, 2.75) is 38.6 Å². The number of benzene rings is 1. The van der Waals surface area contributed by atoms with Crippen molar-refractivity contribution in [2.75, 3.05) is 13.7 Å². The lowest BCUT2D eigenvalue weighted by atomic mass is 9.86. The first-order valence-electron chi connectivity index (χ1n) is 6.74. The SMILES string of the molecule is COc1ccc(OCC2CCC2)c(CC(C)N)c1. The Hall–Kier alpha value is -1.22. The van der Waals surface area contributed by atoms with Gasteiger partial charge in [-0.15, -0.1) is 0 Å². The van der Waals surface area contributed by atoms with Gasteiger partial charge in [-0.3, -0.25) is 0 Å². The van der Waals surface area contributed by atoms with E-state index in [-0.39, 0.29) is 6.04 Å². The van der Waals surface area contributed by atoms with Gasteiger partial charge in [0.2, 0.25) is 0 Å². The Morgan fingerprint density at radius 3 is 2.72 bits per heavy atom. The van der Waals surface area contributed by atoms with Crippen molar-refractivity contribution in [3.8, 4) is 11.5 Å². The molecule has 0 radical (unpaired) electrons. The first-order valence-corrected chi connectivity index (χ1v) is 6.74. The zero-order valence-corrected chi connectivity index (χ0v) is 11.3. The Kier molecular flexibility index (Phi) is 4.48. The van der Waals surface area contributed by atoms with Gasteiger partial charge < -0.3 is 15.2 Å². The molecule has 1 aromatic rings. The predicted molar refractivity (Wildman–Crippen MR) is 73.2 cm³/mol. The zero-order chi connectivity index (χ0) is 13.0. The van der Waals surface area contributed by atoms with Gasteiger partial charge in [0.1, 0.15) is 11.5 Å². The fourth-order valence-electron chi connectivity index (χ4n) is 2.20. The molecule has 1 fully saturated rings. The van der Waals surface area contributed by atoms with Gasteiger partial charge in [0.05, 0.1) is 13.7 Å². The molecule has 0 aliphatic heterocycles. The minimum Gasteiger partial charge on any atom is -0.497 e. The van der Waals surface area contributed by atoms with Crippen LogP contribution in [-0.4, -0.2) is 19.8 Å². The molecular weight excluding hydrogens is 226 g/mol. The van der Waals surface area contributed by atoms with Crippen molar-refractivity contribution in [3.05, 3.63) is 23.8 Å². The molecule has 0 aromatic heterocycles. The van der Waals surface area contributed by atoms with E-state index in [0.717, 1.165) is 36.0 Å². The molecule has 0 bridgehead atoms. The predicted octanol–water partition coefficient (Wildman–Crippen LogP) is 2.76. The molecule has 1 unspecified atom stereocenters. The molecule has 2 N–H and O–H groups in total. The van der Waals surface area contributed by atoms with E-state index in [1.807, 2.05) is 25.1 Å². The van der Waals surface area contributed by atoms with Crippen molar-refractivity contribution >= 4 is 0 Å². The van der Waals surface area contributed by atoms with E-state index >= 15 is 0 Å². The van der Waals surface area contributed by atoms with Crippen molar-refractivity contribution < 1.29 is 9.47 Å². The zero-order valence-electron chi connectivity index (χ0n) is 11.3. The lowest BCUT2D eigenvalue weighted by Gasteiger charge is -2.26. The fourth-order valence-corrected chi connectivity index (χ4v) is 2.20. The summed E-state index contributed by atoms with van der Waals surface area (Å²) in [5, 5.41) is 0. The van der Waals surface area contributed by atoms with E-state index in [1.165, 1.54) is 19.3 Å². The van der Waals surface area contributed by atoms with E-state index in [4.69, 9.17) is 15.2 Å². The van der Waals surface area contributed by atoms with Crippen LogP contribution in [0.15, 0.2) is 18.2 Å². The summed E-state index contributed by atoms with van der Waals surface area (Å²) in [7, 11) is 1.68. The lowest BCUT2D eigenvalue weighted by Crippen LogP contribution is -2.21. The molecule has 0 amide bonds. The molecule has 0 heterocycles. The monoisotopic (exact) mass is 249 g/mol. The van der Waals surface area contributed by atoms with Crippen molar-refractivity contribution in [1.29, 1.82) is 0 Å². The maximum Gasteiger partial charge on any atom is 0.122 e. The maximum atomic E-state index is 5.93. The largest absolute Gasteiger partial charge is 0.497 e. The quantitative estimate of drug-likeness (QED) is 0.843. The highest BCUT2D eigenvalue weighted by Gasteiger charge is 2.18. The molecule has 1 atom stereocenters. The lowest BCUT2D eigenvalue weighted by molar-refractivity contribution is 0.179. The summed E-state index contributed by atoms with van der Waals surface area (Å²) in [6.45, 7) is 2.84. The minimum atomic E-state index is 0.128. The van der Waals surface area contributed by atoms with Crippen LogP contribution in [0, 0.1) is 5.92 Å². The summed E-state index contributed by atoms with van der Waals surface area (Å²) in [6.07, 6.45) is 4.78. The molecule has 100 valence electrons. The Morgan fingerprint density at radius 1 is 1.39 bits per heavy atom. The topological polar surface area (TPSA) is 44.5 Å². The number of nitrogens with two attached hydrogens (primary N) is 1. The van der Waals surface area contributed by atoms with Gasteiger partial charge in [0.15, 0.2) is 0 Å². The summed E-state index contributed by atoms with van der Waals surface area (Å²) in [6, 6.07) is 6.10. The second-order valence-electron chi connectivity index (χ2n) is 5.26. The molecule has 1 aliphatic rings. The van der Waals surface area contributed by atoms with Crippen LogP contribution in [0.25, 0.3) is 0 Å². The Balaban J connectivity index is 2.05. The molecule has 1 aliphatic carbocycles. The molecule has 0 spiro atoms. The smallest absolute Gasteiger partial charge is 0.122 e. The van der Waals surface area contributed by atoms with Crippen LogP contribution >= 0.6 is 0 Å². The maximum absolute atomic E-state index is 5.93. The van der Waals surface area contributed by atoms with Gasteiger partial charge in [-0.25, -0.2) is 0 Å². The van der Waals surface area contributed by atoms with Gasteiger partial charge in [-0.1, -0.05) is 6.42 Å². The van der Waals surface area contributed by atoms with E-state index in [1.54, 1.807) is 7.11 Å². The van der Waals surface area contributed by atoms with Gasteiger partial charge in [0.25, 0.3) is 0 Å². The van der Waals surface area contributed by atoms with Crippen molar-refractivity contribution in [2.24, 2.45) is 11.7 Å². The first-order chi connectivity index (χ1) is 8.69. The minimum absolute atomic E-state index is 0.128. The standard InChI is InChI=1S/C15H23NO2/c1-11(16)8-13-9-14(17-2)6-7-15(13)18-10-12-4-3-5-12/h6-7,9,11-12H,3-5,8,10,16H2,1-2H3. The normalized spacial score (nSPS) is 17.1. The fraction of sp³-hybridized carbons (Fsp3) is 0.600. The second kappa shape index (κ2) is 6.10. The summed E-state index contributed by atoms with van der Waals surface area (Å²) in [5.41, 5.74) is 7.02. The highest BCUT2D eigenvalue weighted by atomic mass is 16.5. The van der Waals surface area contributed by atoms with Crippen LogP contribution in [0.5, 0.6) is 11.5 Å². The molecule has 0 saturated heterocycles. The number of rotatable bonds is 6. The van der Waals surface area contributed by atoms with Crippen LogP contribution in [0.3, 0.4) is 0 Å². The number of hydrogen-bond donors (Lipinski definition) is 1. The third-order valence-electron chi connectivity index (χ3n) is 3.51. The Labute approximate surface area is 109 Å². The van der Waals surface area contributed by atoms with Crippen LogP contribution < -0.4 is 15.2 Å². The average molecular weight is 249 g/mol. The second-order valence-corrected chi connectivity index (χ2v) is 5.26. The van der Waals surface area contributed by atoms with E-state index in [9.17, 15) is 0 Å². The highest BCUT2D eigenvalue weighted by molar-refractivity contribution is 5.40. The summed E-state index contributed by atoms with van der Waals surface area (Å²) in [5.74, 6) is 2.57.